The number of benzene rings is 1. The Morgan fingerprint density at radius 1 is 1.24 bits per heavy atom. The second kappa shape index (κ2) is 7.00. The number of amides is 2. The summed E-state index contributed by atoms with van der Waals surface area (Å²) in [6.07, 6.45) is 2.63. The van der Waals surface area contributed by atoms with Crippen molar-refractivity contribution in [2.45, 2.75) is 13.0 Å². The molecule has 25 heavy (non-hydrogen) atoms. The van der Waals surface area contributed by atoms with E-state index in [1.54, 1.807) is 18.2 Å². The van der Waals surface area contributed by atoms with Gasteiger partial charge in [-0.2, -0.15) is 0 Å². The lowest BCUT2D eigenvalue weighted by atomic mass is 10.1. The van der Waals surface area contributed by atoms with E-state index in [4.69, 9.17) is 8.94 Å². The summed E-state index contributed by atoms with van der Waals surface area (Å²) in [5, 5.41) is 8.72. The van der Waals surface area contributed by atoms with Crippen molar-refractivity contribution < 1.29 is 22.9 Å². The molecule has 2 N–H and O–H groups in total. The first-order valence-electron chi connectivity index (χ1n) is 7.40. The van der Waals surface area contributed by atoms with Gasteiger partial charge in [-0.05, 0) is 25.1 Å². The van der Waals surface area contributed by atoms with Crippen LogP contribution in [0, 0.1) is 5.82 Å². The molecule has 3 rings (SSSR count). The fraction of sp³-hybridized carbons (Fsp3) is 0.118. The van der Waals surface area contributed by atoms with E-state index in [1.807, 2.05) is 0 Å². The van der Waals surface area contributed by atoms with Crippen LogP contribution in [0.3, 0.4) is 0 Å². The second-order valence-electron chi connectivity index (χ2n) is 5.25. The molecule has 1 aromatic carbocycles. The molecule has 2 heterocycles. The van der Waals surface area contributed by atoms with Crippen LogP contribution in [-0.2, 0) is 4.79 Å². The number of nitrogens with zero attached hydrogens (tertiary/aromatic N) is 1. The lowest BCUT2D eigenvalue weighted by Gasteiger charge is -2.11. The Bertz CT molecular complexity index is 889. The van der Waals surface area contributed by atoms with Crippen LogP contribution in [-0.4, -0.2) is 23.0 Å². The van der Waals surface area contributed by atoms with Gasteiger partial charge < -0.3 is 14.3 Å². The molecule has 0 radical (unpaired) electrons. The molecule has 0 aliphatic carbocycles. The average Bonchev–Trinajstić information content (AvgIpc) is 3.27. The molecule has 0 aliphatic heterocycles. The number of anilines is 1. The van der Waals surface area contributed by atoms with E-state index in [1.165, 1.54) is 37.6 Å². The van der Waals surface area contributed by atoms with Gasteiger partial charge in [0, 0.05) is 11.6 Å². The fourth-order valence-electron chi connectivity index (χ4n) is 2.10. The first-order valence-corrected chi connectivity index (χ1v) is 7.40. The highest BCUT2D eigenvalue weighted by Crippen LogP contribution is 2.24. The van der Waals surface area contributed by atoms with Crippen molar-refractivity contribution in [1.82, 2.24) is 10.5 Å². The van der Waals surface area contributed by atoms with Gasteiger partial charge in [0.15, 0.2) is 0 Å². The average molecular weight is 343 g/mol. The van der Waals surface area contributed by atoms with Crippen molar-refractivity contribution in [1.29, 1.82) is 0 Å². The molecule has 2 amide bonds. The first-order chi connectivity index (χ1) is 12.0. The molecular weight excluding hydrogens is 329 g/mol. The van der Waals surface area contributed by atoms with Crippen LogP contribution >= 0.6 is 0 Å². The van der Waals surface area contributed by atoms with Crippen molar-refractivity contribution in [2.24, 2.45) is 0 Å². The molecule has 0 spiro atoms. The molecule has 128 valence electrons. The molecule has 0 bridgehead atoms. The molecule has 0 saturated heterocycles. The van der Waals surface area contributed by atoms with Crippen molar-refractivity contribution in [3.8, 4) is 11.3 Å². The Morgan fingerprint density at radius 2 is 2.04 bits per heavy atom. The number of hydrogen-bond donors (Lipinski definition) is 2. The lowest BCUT2D eigenvalue weighted by molar-refractivity contribution is -0.117. The quantitative estimate of drug-likeness (QED) is 0.742. The van der Waals surface area contributed by atoms with Gasteiger partial charge in [0.25, 0.3) is 5.91 Å². The highest BCUT2D eigenvalue weighted by molar-refractivity contribution is 6.00. The largest absolute Gasteiger partial charge is 0.472 e. The van der Waals surface area contributed by atoms with Crippen molar-refractivity contribution in [3.63, 3.8) is 0 Å². The molecule has 1 atom stereocenters. The Hall–Kier alpha value is -3.42. The lowest BCUT2D eigenvalue weighted by Crippen LogP contribution is -2.41. The number of halogens is 1. The van der Waals surface area contributed by atoms with Gasteiger partial charge in [-0.3, -0.25) is 14.9 Å². The summed E-state index contributed by atoms with van der Waals surface area (Å²) in [7, 11) is 0. The van der Waals surface area contributed by atoms with Crippen LogP contribution in [0.1, 0.15) is 17.3 Å². The fourth-order valence-corrected chi connectivity index (χ4v) is 2.10. The Kier molecular flexibility index (Phi) is 4.60. The van der Waals surface area contributed by atoms with E-state index < -0.39 is 23.7 Å². The predicted octanol–water partition coefficient (Wildman–Crippen LogP) is 2.83. The van der Waals surface area contributed by atoms with Gasteiger partial charge in [-0.1, -0.05) is 17.3 Å². The van der Waals surface area contributed by atoms with Crippen molar-refractivity contribution >= 4 is 17.7 Å². The number of rotatable bonds is 5. The summed E-state index contributed by atoms with van der Waals surface area (Å²) >= 11 is 0. The number of nitrogens with one attached hydrogen (secondary N) is 2. The molecule has 0 unspecified atom stereocenters. The van der Waals surface area contributed by atoms with Crippen LogP contribution in [0.15, 0.2) is 57.9 Å². The summed E-state index contributed by atoms with van der Waals surface area (Å²) in [4.78, 5) is 24.0. The highest BCUT2D eigenvalue weighted by atomic mass is 19.1. The first kappa shape index (κ1) is 16.4. The van der Waals surface area contributed by atoms with Crippen LogP contribution in [0.25, 0.3) is 11.3 Å². The number of aromatic nitrogens is 1. The molecular formula is C17H14FN3O4. The van der Waals surface area contributed by atoms with E-state index in [0.717, 1.165) is 0 Å². The van der Waals surface area contributed by atoms with E-state index in [-0.39, 0.29) is 17.1 Å². The zero-order valence-corrected chi connectivity index (χ0v) is 13.2. The maximum absolute atomic E-state index is 13.7. The van der Waals surface area contributed by atoms with Gasteiger partial charge >= 0.3 is 0 Å². The van der Waals surface area contributed by atoms with Crippen molar-refractivity contribution in [3.05, 3.63) is 60.3 Å². The van der Waals surface area contributed by atoms with Gasteiger partial charge in [-0.25, -0.2) is 4.39 Å². The van der Waals surface area contributed by atoms with Gasteiger partial charge in [0.05, 0.1) is 11.8 Å². The van der Waals surface area contributed by atoms with E-state index >= 15 is 0 Å². The zero-order chi connectivity index (χ0) is 17.8. The minimum atomic E-state index is -0.829. The van der Waals surface area contributed by atoms with Crippen LogP contribution in [0.2, 0.25) is 0 Å². The zero-order valence-electron chi connectivity index (χ0n) is 13.2. The van der Waals surface area contributed by atoms with Crippen LogP contribution < -0.4 is 10.6 Å². The minimum absolute atomic E-state index is 0.0488. The van der Waals surface area contributed by atoms with E-state index in [9.17, 15) is 14.0 Å². The number of carbonyl (C=O) groups is 2. The Balaban J connectivity index is 1.63. The predicted molar refractivity (Wildman–Crippen MR) is 86.2 cm³/mol. The van der Waals surface area contributed by atoms with Crippen LogP contribution in [0.5, 0.6) is 0 Å². The maximum Gasteiger partial charge on any atom is 0.255 e. The second-order valence-corrected chi connectivity index (χ2v) is 5.25. The highest BCUT2D eigenvalue weighted by Gasteiger charge is 2.19. The number of furan rings is 1. The monoisotopic (exact) mass is 343 g/mol. The third-order valence-electron chi connectivity index (χ3n) is 3.43. The molecule has 0 fully saturated rings. The van der Waals surface area contributed by atoms with Crippen molar-refractivity contribution in [2.75, 3.05) is 5.32 Å². The molecule has 8 heteroatoms. The normalized spacial score (nSPS) is 11.8. The Morgan fingerprint density at radius 3 is 2.76 bits per heavy atom. The Labute approximate surface area is 141 Å². The third-order valence-corrected chi connectivity index (χ3v) is 3.43. The minimum Gasteiger partial charge on any atom is -0.472 e. The summed E-state index contributed by atoms with van der Waals surface area (Å²) in [6, 6.07) is 8.13. The standard InChI is InChI=1S/C17H14FN3O4/c1-10(19-17(23)11-6-7-24-9-11)16(22)20-15-8-14(21-25-15)12-4-2-3-5-13(12)18/h2-10H,1H3,(H,19,23)(H,20,22)/t10-/m0/s1. The molecule has 0 aliphatic rings. The van der Waals surface area contributed by atoms with E-state index in [2.05, 4.69) is 15.8 Å². The molecule has 7 nitrogen and oxygen atoms in total. The summed E-state index contributed by atoms with van der Waals surface area (Å²) in [6.45, 7) is 1.52. The summed E-state index contributed by atoms with van der Waals surface area (Å²) in [5.74, 6) is -1.35. The number of carbonyl (C=O) groups excluding carboxylic acids is 2. The summed E-state index contributed by atoms with van der Waals surface area (Å²) < 4.78 is 23.5. The SMILES string of the molecule is C[C@H](NC(=O)c1ccoc1)C(=O)Nc1cc(-c2ccccc2F)no1. The third kappa shape index (κ3) is 3.74. The maximum atomic E-state index is 13.7. The van der Waals surface area contributed by atoms with Gasteiger partial charge in [0.2, 0.25) is 11.8 Å². The van der Waals surface area contributed by atoms with Crippen LogP contribution in [0.4, 0.5) is 10.3 Å². The number of hydrogen-bond acceptors (Lipinski definition) is 5. The molecule has 2 aromatic heterocycles. The van der Waals surface area contributed by atoms with E-state index in [0.29, 0.717) is 5.56 Å². The summed E-state index contributed by atoms with van der Waals surface area (Å²) in [5.41, 5.74) is 0.817. The van der Waals surface area contributed by atoms with Gasteiger partial charge in [-0.15, -0.1) is 0 Å². The molecule has 0 saturated carbocycles. The smallest absolute Gasteiger partial charge is 0.255 e. The topological polar surface area (TPSA) is 97.4 Å². The van der Waals surface area contributed by atoms with Gasteiger partial charge in [0.1, 0.15) is 23.8 Å². The molecule has 3 aromatic rings.